The predicted octanol–water partition coefficient (Wildman–Crippen LogP) is 9.65. The van der Waals surface area contributed by atoms with Crippen LogP contribution in [-0.2, 0) is 0 Å². The fraction of sp³-hybridized carbons (Fsp3) is 0.333. The first kappa shape index (κ1) is 28.0. The molecule has 0 radical (unpaired) electrons. The van der Waals surface area contributed by atoms with Gasteiger partial charge in [0.1, 0.15) is 0 Å². The number of rotatable bonds is 4. The maximum absolute atomic E-state index is 4.48. The fourth-order valence-corrected chi connectivity index (χ4v) is 7.10. The lowest BCUT2D eigenvalue weighted by atomic mass is 9.84. The molecule has 2 aromatic carbocycles. The molecule has 2 saturated carbocycles. The van der Waals surface area contributed by atoms with Gasteiger partial charge in [-0.2, -0.15) is 10.2 Å². The molecular weight excluding hydrogens is 596 g/mol. The highest BCUT2D eigenvalue weighted by molar-refractivity contribution is 9.10. The molecule has 0 spiro atoms. The molecule has 6 aromatic rings. The number of aromatic nitrogens is 6. The average molecular weight is 634 g/mol. The lowest BCUT2D eigenvalue weighted by Gasteiger charge is -2.22. The molecule has 43 heavy (non-hydrogen) atoms. The van der Waals surface area contributed by atoms with E-state index in [4.69, 9.17) is 0 Å². The van der Waals surface area contributed by atoms with E-state index in [0.717, 1.165) is 38.7 Å². The molecule has 4 aromatic heterocycles. The Morgan fingerprint density at radius 2 is 1.07 bits per heavy atom. The zero-order chi connectivity index (χ0) is 29.0. The van der Waals surface area contributed by atoms with Gasteiger partial charge in [-0.3, -0.25) is 0 Å². The molecule has 8 rings (SSSR count). The summed E-state index contributed by atoms with van der Waals surface area (Å²) in [5.74, 6) is 1.52. The Morgan fingerprint density at radius 1 is 0.535 bits per heavy atom. The minimum Gasteiger partial charge on any atom is -0.236 e. The van der Waals surface area contributed by atoms with E-state index in [1.54, 1.807) is 12.4 Å². The van der Waals surface area contributed by atoms with Crippen molar-refractivity contribution >= 4 is 27.2 Å². The number of hydrogen-bond acceptors (Lipinski definition) is 4. The van der Waals surface area contributed by atoms with E-state index < -0.39 is 0 Å². The molecule has 6 nitrogen and oxygen atoms in total. The van der Waals surface area contributed by atoms with E-state index >= 15 is 0 Å². The van der Waals surface area contributed by atoms with Crippen LogP contribution in [-0.4, -0.2) is 29.2 Å². The Bertz CT molecular complexity index is 1790. The van der Waals surface area contributed by atoms with Gasteiger partial charge in [0.05, 0.1) is 16.9 Å². The fourth-order valence-electron chi connectivity index (χ4n) is 6.72. The van der Waals surface area contributed by atoms with Gasteiger partial charge in [0.2, 0.25) is 0 Å². The van der Waals surface area contributed by atoms with Crippen LogP contribution < -0.4 is 0 Å². The van der Waals surface area contributed by atoms with Gasteiger partial charge in [0, 0.05) is 42.0 Å². The number of halogens is 1. The minimum absolute atomic E-state index is 0.755. The quantitative estimate of drug-likeness (QED) is 0.194. The summed E-state index contributed by atoms with van der Waals surface area (Å²) in [4.78, 5) is 8.91. The van der Waals surface area contributed by atoms with Crippen LogP contribution in [0.25, 0.3) is 33.5 Å². The molecule has 218 valence electrons. The van der Waals surface area contributed by atoms with E-state index in [2.05, 4.69) is 84.6 Å². The van der Waals surface area contributed by atoms with E-state index in [9.17, 15) is 0 Å². The summed E-state index contributed by atoms with van der Waals surface area (Å²) in [6, 6.07) is 19.9. The van der Waals surface area contributed by atoms with E-state index in [1.807, 2.05) is 39.9 Å². The Kier molecular flexibility index (Phi) is 8.32. The van der Waals surface area contributed by atoms with Crippen molar-refractivity contribution in [3.8, 4) is 22.3 Å². The second-order valence-electron chi connectivity index (χ2n) is 12.0. The summed E-state index contributed by atoms with van der Waals surface area (Å²) in [7, 11) is 0. The molecule has 2 aliphatic carbocycles. The van der Waals surface area contributed by atoms with Crippen molar-refractivity contribution in [2.24, 2.45) is 0 Å². The zero-order valence-electron chi connectivity index (χ0n) is 24.4. The van der Waals surface area contributed by atoms with Crippen LogP contribution >= 0.6 is 15.9 Å². The molecule has 0 unspecified atom stereocenters. The van der Waals surface area contributed by atoms with Gasteiger partial charge >= 0.3 is 0 Å². The van der Waals surface area contributed by atoms with Crippen molar-refractivity contribution in [3.63, 3.8) is 0 Å². The lowest BCUT2D eigenvalue weighted by molar-refractivity contribution is 0.443. The van der Waals surface area contributed by atoms with Crippen LogP contribution in [0.4, 0.5) is 0 Å². The van der Waals surface area contributed by atoms with Gasteiger partial charge in [-0.1, -0.05) is 87.1 Å². The maximum atomic E-state index is 4.48. The van der Waals surface area contributed by atoms with Crippen LogP contribution in [0.5, 0.6) is 0 Å². The molecule has 0 N–H and O–H groups in total. The molecular formula is C36H37BrN6. The largest absolute Gasteiger partial charge is 0.236 e. The molecule has 7 heteroatoms. The highest BCUT2D eigenvalue weighted by Gasteiger charge is 2.16. The third-order valence-electron chi connectivity index (χ3n) is 9.20. The molecule has 2 fully saturated rings. The monoisotopic (exact) mass is 632 g/mol. The summed E-state index contributed by atoms with van der Waals surface area (Å²) in [6.07, 6.45) is 25.2. The normalized spacial score (nSPS) is 16.3. The first-order valence-corrected chi connectivity index (χ1v) is 16.5. The standard InChI is InChI=1S/C18H18BrN3.C18H19N3/c19-17-11-21-22-12-16(10-20-18(17)22)15-8-6-14(7-9-15)13-4-2-1-3-5-13;1-2-4-14(5-3-1)15-6-8-16(9-7-15)17-12-19-18-10-11-20-21(18)13-17/h6-13H,1-5H2;6-14H,1-5H2. The lowest BCUT2D eigenvalue weighted by Crippen LogP contribution is -2.04. The molecule has 0 saturated heterocycles. The van der Waals surface area contributed by atoms with Crippen molar-refractivity contribution in [3.05, 3.63) is 107 Å². The highest BCUT2D eigenvalue weighted by Crippen LogP contribution is 2.35. The van der Waals surface area contributed by atoms with Gasteiger partial charge in [-0.05, 0) is 75.7 Å². The molecule has 4 heterocycles. The number of fused-ring (bicyclic) bond motifs is 2. The van der Waals surface area contributed by atoms with Crippen molar-refractivity contribution in [2.75, 3.05) is 0 Å². The molecule has 0 atom stereocenters. The molecule has 0 amide bonds. The van der Waals surface area contributed by atoms with Crippen molar-refractivity contribution in [1.82, 2.24) is 29.2 Å². The second-order valence-corrected chi connectivity index (χ2v) is 12.8. The van der Waals surface area contributed by atoms with Crippen LogP contribution in [0.3, 0.4) is 0 Å². The zero-order valence-corrected chi connectivity index (χ0v) is 26.0. The first-order valence-electron chi connectivity index (χ1n) is 15.7. The van der Waals surface area contributed by atoms with Gasteiger partial charge in [0.25, 0.3) is 0 Å². The van der Waals surface area contributed by atoms with Gasteiger partial charge < -0.3 is 0 Å². The van der Waals surface area contributed by atoms with E-state index in [0.29, 0.717) is 0 Å². The third kappa shape index (κ3) is 6.28. The van der Waals surface area contributed by atoms with E-state index in [1.165, 1.54) is 86.5 Å². The predicted molar refractivity (Wildman–Crippen MR) is 176 cm³/mol. The summed E-state index contributed by atoms with van der Waals surface area (Å²) < 4.78 is 4.56. The molecule has 0 aliphatic heterocycles. The number of benzene rings is 2. The van der Waals surface area contributed by atoms with Crippen LogP contribution in [0.2, 0.25) is 0 Å². The Hall–Kier alpha value is -3.84. The Labute approximate surface area is 261 Å². The summed E-state index contributed by atoms with van der Waals surface area (Å²) in [6.45, 7) is 0. The van der Waals surface area contributed by atoms with Crippen LogP contribution in [0, 0.1) is 0 Å². The SMILES string of the molecule is Brc1cnn2cc(-c3ccc(C4CCCCC4)cc3)cnc12.c1cc2ncc(-c3ccc(C4CCCCC4)cc3)cn2n1. The second kappa shape index (κ2) is 12.8. The van der Waals surface area contributed by atoms with Gasteiger partial charge in [-0.15, -0.1) is 0 Å². The van der Waals surface area contributed by atoms with E-state index in [-0.39, 0.29) is 0 Å². The van der Waals surface area contributed by atoms with Gasteiger partial charge in [-0.25, -0.2) is 19.0 Å². The highest BCUT2D eigenvalue weighted by atomic mass is 79.9. The van der Waals surface area contributed by atoms with Crippen LogP contribution in [0.15, 0.2) is 96.3 Å². The Balaban J connectivity index is 0.000000140. The summed E-state index contributed by atoms with van der Waals surface area (Å²) in [5.41, 5.74) is 9.32. The van der Waals surface area contributed by atoms with Crippen molar-refractivity contribution in [1.29, 1.82) is 0 Å². The topological polar surface area (TPSA) is 60.4 Å². The van der Waals surface area contributed by atoms with Gasteiger partial charge in [0.15, 0.2) is 11.3 Å². The number of hydrogen-bond donors (Lipinski definition) is 0. The maximum Gasteiger partial charge on any atom is 0.169 e. The number of nitrogens with zero attached hydrogens (tertiary/aromatic N) is 6. The Morgan fingerprint density at radius 3 is 1.65 bits per heavy atom. The van der Waals surface area contributed by atoms with Crippen molar-refractivity contribution in [2.45, 2.75) is 76.0 Å². The smallest absolute Gasteiger partial charge is 0.169 e. The third-order valence-corrected chi connectivity index (χ3v) is 9.76. The molecule has 0 bridgehead atoms. The average Bonchev–Trinajstić information content (AvgIpc) is 3.72. The first-order chi connectivity index (χ1) is 21.2. The summed E-state index contributed by atoms with van der Waals surface area (Å²) >= 11 is 3.46. The molecule has 2 aliphatic rings. The summed E-state index contributed by atoms with van der Waals surface area (Å²) in [5, 5.41) is 8.55. The minimum atomic E-state index is 0.755. The van der Waals surface area contributed by atoms with Crippen molar-refractivity contribution < 1.29 is 0 Å². The van der Waals surface area contributed by atoms with Crippen LogP contribution in [0.1, 0.15) is 87.2 Å².